The molecule has 2 aromatic rings. The molecule has 0 radical (unpaired) electrons. The van der Waals surface area contributed by atoms with Gasteiger partial charge in [-0.15, -0.1) is 0 Å². The zero-order valence-electron chi connectivity index (χ0n) is 12.4. The molecular formula is C15H21N3O2. The standard InChI is InChI=1S/C15H21N3O2/c1-10(9-18-13(4)11(2)12(3)17-18)15(19)16-8-14-6-5-7-20-14/h5-7,10H,8-9H2,1-4H3,(H,16,19). The molecule has 0 saturated carbocycles. The van der Waals surface area contributed by atoms with E-state index in [2.05, 4.69) is 17.3 Å². The third kappa shape index (κ3) is 3.10. The molecular weight excluding hydrogens is 254 g/mol. The minimum absolute atomic E-state index is 0.00612. The maximum absolute atomic E-state index is 12.1. The van der Waals surface area contributed by atoms with Gasteiger partial charge in [-0.1, -0.05) is 6.92 Å². The average molecular weight is 275 g/mol. The molecule has 0 saturated heterocycles. The fourth-order valence-corrected chi connectivity index (χ4v) is 2.07. The van der Waals surface area contributed by atoms with Crippen LogP contribution in [0.5, 0.6) is 0 Å². The first-order valence-corrected chi connectivity index (χ1v) is 6.79. The van der Waals surface area contributed by atoms with Gasteiger partial charge in [-0.3, -0.25) is 9.48 Å². The summed E-state index contributed by atoms with van der Waals surface area (Å²) in [5.74, 6) is 0.626. The number of hydrogen-bond acceptors (Lipinski definition) is 3. The minimum atomic E-state index is -0.137. The number of aromatic nitrogens is 2. The maximum Gasteiger partial charge on any atom is 0.225 e. The fraction of sp³-hybridized carbons (Fsp3) is 0.467. The van der Waals surface area contributed by atoms with Crippen molar-refractivity contribution >= 4 is 5.91 Å². The van der Waals surface area contributed by atoms with Crippen LogP contribution in [0.2, 0.25) is 0 Å². The van der Waals surface area contributed by atoms with E-state index in [1.165, 1.54) is 5.56 Å². The van der Waals surface area contributed by atoms with Gasteiger partial charge < -0.3 is 9.73 Å². The Morgan fingerprint density at radius 2 is 2.20 bits per heavy atom. The van der Waals surface area contributed by atoms with Crippen LogP contribution >= 0.6 is 0 Å². The maximum atomic E-state index is 12.1. The molecule has 0 aromatic carbocycles. The molecule has 2 rings (SSSR count). The van der Waals surface area contributed by atoms with Crippen LogP contribution < -0.4 is 5.32 Å². The smallest absolute Gasteiger partial charge is 0.225 e. The van der Waals surface area contributed by atoms with Crippen molar-refractivity contribution in [1.29, 1.82) is 0 Å². The largest absolute Gasteiger partial charge is 0.467 e. The molecule has 1 amide bonds. The summed E-state index contributed by atoms with van der Waals surface area (Å²) in [6, 6.07) is 3.65. The molecule has 5 heteroatoms. The van der Waals surface area contributed by atoms with Crippen molar-refractivity contribution in [3.8, 4) is 0 Å². The predicted octanol–water partition coefficient (Wildman–Crippen LogP) is 2.35. The van der Waals surface area contributed by atoms with Crippen molar-refractivity contribution in [2.75, 3.05) is 0 Å². The number of amides is 1. The van der Waals surface area contributed by atoms with Crippen molar-refractivity contribution in [3.63, 3.8) is 0 Å². The first-order valence-electron chi connectivity index (χ1n) is 6.79. The van der Waals surface area contributed by atoms with Crippen molar-refractivity contribution in [2.24, 2.45) is 5.92 Å². The van der Waals surface area contributed by atoms with Crippen LogP contribution in [0.4, 0.5) is 0 Å². The molecule has 0 spiro atoms. The van der Waals surface area contributed by atoms with Gasteiger partial charge in [-0.25, -0.2) is 0 Å². The average Bonchev–Trinajstić information content (AvgIpc) is 3.02. The molecule has 0 aliphatic rings. The summed E-state index contributed by atoms with van der Waals surface area (Å²) in [4.78, 5) is 12.1. The molecule has 2 heterocycles. The van der Waals surface area contributed by atoms with Crippen molar-refractivity contribution in [3.05, 3.63) is 41.1 Å². The molecule has 5 nitrogen and oxygen atoms in total. The first kappa shape index (κ1) is 14.4. The van der Waals surface area contributed by atoms with Crippen LogP contribution in [-0.4, -0.2) is 15.7 Å². The van der Waals surface area contributed by atoms with Crippen molar-refractivity contribution in [1.82, 2.24) is 15.1 Å². The van der Waals surface area contributed by atoms with E-state index in [1.54, 1.807) is 6.26 Å². The van der Waals surface area contributed by atoms with Gasteiger partial charge in [0.1, 0.15) is 5.76 Å². The topological polar surface area (TPSA) is 60.1 Å². The van der Waals surface area contributed by atoms with E-state index < -0.39 is 0 Å². The van der Waals surface area contributed by atoms with E-state index in [0.29, 0.717) is 13.1 Å². The lowest BCUT2D eigenvalue weighted by atomic mass is 10.1. The highest BCUT2D eigenvalue weighted by Crippen LogP contribution is 2.13. The van der Waals surface area contributed by atoms with E-state index in [-0.39, 0.29) is 11.8 Å². The lowest BCUT2D eigenvalue weighted by Crippen LogP contribution is -2.31. The SMILES string of the molecule is Cc1nn(CC(C)C(=O)NCc2ccco2)c(C)c1C. The van der Waals surface area contributed by atoms with E-state index in [4.69, 9.17) is 4.42 Å². The third-order valence-corrected chi connectivity index (χ3v) is 3.65. The van der Waals surface area contributed by atoms with Crippen molar-refractivity contribution in [2.45, 2.75) is 40.8 Å². The van der Waals surface area contributed by atoms with Crippen LogP contribution in [0.25, 0.3) is 0 Å². The van der Waals surface area contributed by atoms with Gasteiger partial charge in [0, 0.05) is 5.69 Å². The lowest BCUT2D eigenvalue weighted by Gasteiger charge is -2.13. The highest BCUT2D eigenvalue weighted by molar-refractivity contribution is 5.78. The number of rotatable bonds is 5. The quantitative estimate of drug-likeness (QED) is 0.911. The third-order valence-electron chi connectivity index (χ3n) is 3.65. The normalized spacial score (nSPS) is 12.4. The van der Waals surface area contributed by atoms with Crippen LogP contribution in [0.3, 0.4) is 0 Å². The van der Waals surface area contributed by atoms with Gasteiger partial charge in [0.15, 0.2) is 0 Å². The molecule has 20 heavy (non-hydrogen) atoms. The minimum Gasteiger partial charge on any atom is -0.467 e. The summed E-state index contributed by atoms with van der Waals surface area (Å²) in [7, 11) is 0. The summed E-state index contributed by atoms with van der Waals surface area (Å²) in [5, 5.41) is 7.33. The van der Waals surface area contributed by atoms with Gasteiger partial charge in [0.2, 0.25) is 5.91 Å². The molecule has 0 fully saturated rings. The second kappa shape index (κ2) is 5.94. The first-order chi connectivity index (χ1) is 9.49. The number of nitrogens with one attached hydrogen (secondary N) is 1. The number of furan rings is 1. The Hall–Kier alpha value is -2.04. The zero-order valence-corrected chi connectivity index (χ0v) is 12.4. The molecule has 2 aromatic heterocycles. The second-order valence-electron chi connectivity index (χ2n) is 5.18. The number of carbonyl (C=O) groups is 1. The predicted molar refractivity (Wildman–Crippen MR) is 76.2 cm³/mol. The molecule has 0 bridgehead atoms. The van der Waals surface area contributed by atoms with Gasteiger partial charge in [-0.2, -0.15) is 5.10 Å². The van der Waals surface area contributed by atoms with E-state index in [9.17, 15) is 4.79 Å². The Kier molecular flexibility index (Phi) is 4.27. The van der Waals surface area contributed by atoms with Crippen LogP contribution in [0, 0.1) is 26.7 Å². The number of hydrogen-bond donors (Lipinski definition) is 1. The van der Waals surface area contributed by atoms with Gasteiger partial charge in [0.05, 0.1) is 31.0 Å². The lowest BCUT2D eigenvalue weighted by molar-refractivity contribution is -0.125. The Morgan fingerprint density at radius 1 is 1.45 bits per heavy atom. The fourth-order valence-electron chi connectivity index (χ4n) is 2.07. The highest BCUT2D eigenvalue weighted by atomic mass is 16.3. The number of nitrogens with zero attached hydrogens (tertiary/aromatic N) is 2. The van der Waals surface area contributed by atoms with E-state index in [0.717, 1.165) is 17.1 Å². The molecule has 1 N–H and O–H groups in total. The summed E-state index contributed by atoms with van der Waals surface area (Å²) < 4.78 is 7.09. The van der Waals surface area contributed by atoms with Gasteiger partial charge >= 0.3 is 0 Å². The Labute approximate surface area is 119 Å². The zero-order chi connectivity index (χ0) is 14.7. The summed E-state index contributed by atoms with van der Waals surface area (Å²) in [6.07, 6.45) is 1.60. The molecule has 1 unspecified atom stereocenters. The van der Waals surface area contributed by atoms with Gasteiger partial charge in [-0.05, 0) is 38.5 Å². The highest BCUT2D eigenvalue weighted by Gasteiger charge is 2.16. The van der Waals surface area contributed by atoms with E-state index >= 15 is 0 Å². The van der Waals surface area contributed by atoms with E-state index in [1.807, 2.05) is 37.6 Å². The molecule has 0 aliphatic heterocycles. The Balaban J connectivity index is 1.92. The second-order valence-corrected chi connectivity index (χ2v) is 5.18. The summed E-state index contributed by atoms with van der Waals surface area (Å²) in [6.45, 7) is 8.99. The van der Waals surface area contributed by atoms with Crippen molar-refractivity contribution < 1.29 is 9.21 Å². The number of aryl methyl sites for hydroxylation is 1. The number of carbonyl (C=O) groups excluding carboxylic acids is 1. The van der Waals surface area contributed by atoms with Crippen LogP contribution in [0.15, 0.2) is 22.8 Å². The Morgan fingerprint density at radius 3 is 2.75 bits per heavy atom. The monoisotopic (exact) mass is 275 g/mol. The molecule has 1 atom stereocenters. The summed E-state index contributed by atoms with van der Waals surface area (Å²) >= 11 is 0. The molecule has 108 valence electrons. The van der Waals surface area contributed by atoms with Crippen LogP contribution in [-0.2, 0) is 17.9 Å². The molecule has 0 aliphatic carbocycles. The Bertz CT molecular complexity index is 585. The van der Waals surface area contributed by atoms with Gasteiger partial charge in [0.25, 0.3) is 0 Å². The van der Waals surface area contributed by atoms with Crippen LogP contribution in [0.1, 0.15) is 29.6 Å². The summed E-state index contributed by atoms with van der Waals surface area (Å²) in [5.41, 5.74) is 3.33.